The van der Waals surface area contributed by atoms with Crippen LogP contribution >= 0.6 is 23.8 Å². The van der Waals surface area contributed by atoms with Gasteiger partial charge in [0.2, 0.25) is 0 Å². The number of rotatable bonds is 7. The van der Waals surface area contributed by atoms with Crippen LogP contribution in [0.4, 0.5) is 11.4 Å². The lowest BCUT2D eigenvalue weighted by Gasteiger charge is -2.61. The zero-order valence-electron chi connectivity index (χ0n) is 24.0. The number of ether oxygens (including phenoxy) is 2. The average Bonchev–Trinajstić information content (AvgIpc) is 3.04. The standard InChI is InChI=1S/C33H31ClN6O2S/c1-3-41-25-13-9-23(10-14-25)38-19-32(17-35)29(27-7-5-6-8-28(27)34)33(18-36,20-38)31(43)40-22-39(21-37-30(32)40)24-11-15-26(16-12-24)42-4-2/h5-16,29H,3-4,19-22H2,1-2H3/t29-,32-,33-/m0/s1. The SMILES string of the molecule is CCOc1ccc(N2CN=C3N(C2)C(=S)[C@@]2(C#N)CN(c4ccc(OCC)cc4)C[C@@]3(C#N)[C@@H]2c2ccccc2Cl)cc1. The molecular formula is C33H31ClN6O2S. The van der Waals surface area contributed by atoms with Crippen molar-refractivity contribution < 1.29 is 9.47 Å². The molecule has 0 saturated carbocycles. The Balaban J connectivity index is 1.48. The zero-order valence-corrected chi connectivity index (χ0v) is 25.6. The summed E-state index contributed by atoms with van der Waals surface area (Å²) in [6.07, 6.45) is 0. The smallest absolute Gasteiger partial charge is 0.141 e. The van der Waals surface area contributed by atoms with Crippen LogP contribution in [0.1, 0.15) is 25.3 Å². The van der Waals surface area contributed by atoms with Crippen LogP contribution in [0.5, 0.6) is 11.5 Å². The molecule has 3 heterocycles. The average molecular weight is 611 g/mol. The Morgan fingerprint density at radius 3 is 1.98 bits per heavy atom. The summed E-state index contributed by atoms with van der Waals surface area (Å²) in [5.41, 5.74) is 0.111. The van der Waals surface area contributed by atoms with E-state index >= 15 is 0 Å². The van der Waals surface area contributed by atoms with Crippen molar-refractivity contribution in [1.29, 1.82) is 10.5 Å². The lowest BCUT2D eigenvalue weighted by molar-refractivity contribution is 0.206. The molecule has 3 aromatic carbocycles. The molecule has 3 aliphatic rings. The van der Waals surface area contributed by atoms with E-state index in [1.165, 1.54) is 0 Å². The predicted octanol–water partition coefficient (Wildman–Crippen LogP) is 6.24. The number of benzene rings is 3. The van der Waals surface area contributed by atoms with Gasteiger partial charge < -0.3 is 24.2 Å². The summed E-state index contributed by atoms with van der Waals surface area (Å²) < 4.78 is 11.3. The summed E-state index contributed by atoms with van der Waals surface area (Å²) in [5, 5.41) is 22.8. The molecule has 3 atom stereocenters. The Hall–Kier alpha value is -4.31. The molecule has 3 aromatic rings. The fourth-order valence-electron chi connectivity index (χ4n) is 6.68. The minimum atomic E-state index is -1.24. The number of aliphatic imine (C=N–C) groups is 1. The van der Waals surface area contributed by atoms with E-state index in [0.29, 0.717) is 55.5 Å². The molecule has 0 spiro atoms. The van der Waals surface area contributed by atoms with Crippen molar-refractivity contribution in [3.8, 4) is 23.6 Å². The third-order valence-electron chi connectivity index (χ3n) is 8.49. The number of fused-ring (bicyclic) bond motifs is 4. The topological polar surface area (TPSA) is 88.1 Å². The van der Waals surface area contributed by atoms with Gasteiger partial charge in [0, 0.05) is 35.4 Å². The number of anilines is 2. The first-order valence-corrected chi connectivity index (χ1v) is 15.1. The van der Waals surface area contributed by atoms with E-state index in [1.807, 2.05) is 85.5 Å². The van der Waals surface area contributed by atoms with Crippen molar-refractivity contribution in [2.45, 2.75) is 19.8 Å². The number of nitriles is 2. The van der Waals surface area contributed by atoms with Crippen LogP contribution in [0, 0.1) is 33.5 Å². The molecule has 43 heavy (non-hydrogen) atoms. The van der Waals surface area contributed by atoms with Crippen LogP contribution in [0.2, 0.25) is 5.02 Å². The van der Waals surface area contributed by atoms with E-state index in [1.54, 1.807) is 6.07 Å². The summed E-state index contributed by atoms with van der Waals surface area (Å²) in [6, 6.07) is 28.3. The molecule has 6 rings (SSSR count). The molecule has 10 heteroatoms. The second-order valence-electron chi connectivity index (χ2n) is 10.9. The maximum absolute atomic E-state index is 11.2. The van der Waals surface area contributed by atoms with Crippen LogP contribution < -0.4 is 19.3 Å². The minimum absolute atomic E-state index is 0.294. The number of piperidine rings is 2. The highest BCUT2D eigenvalue weighted by atomic mass is 35.5. The van der Waals surface area contributed by atoms with Gasteiger partial charge in [-0.2, -0.15) is 10.5 Å². The third kappa shape index (κ3) is 4.64. The molecule has 0 amide bonds. The van der Waals surface area contributed by atoms with Gasteiger partial charge in [-0.25, -0.2) is 4.99 Å². The van der Waals surface area contributed by atoms with Gasteiger partial charge in [0.15, 0.2) is 0 Å². The van der Waals surface area contributed by atoms with Gasteiger partial charge in [0.25, 0.3) is 0 Å². The Morgan fingerprint density at radius 1 is 0.860 bits per heavy atom. The molecule has 0 unspecified atom stereocenters. The Morgan fingerprint density at radius 2 is 1.42 bits per heavy atom. The predicted molar refractivity (Wildman–Crippen MR) is 172 cm³/mol. The fraction of sp³-hybridized carbons (Fsp3) is 0.333. The highest BCUT2D eigenvalue weighted by molar-refractivity contribution is 7.80. The molecule has 0 aromatic heterocycles. The second kappa shape index (κ2) is 11.4. The van der Waals surface area contributed by atoms with Gasteiger partial charge >= 0.3 is 0 Å². The van der Waals surface area contributed by atoms with Crippen LogP contribution in [0.15, 0.2) is 77.8 Å². The molecule has 8 nitrogen and oxygen atoms in total. The van der Waals surface area contributed by atoms with Crippen molar-refractivity contribution >= 4 is 46.0 Å². The molecule has 3 aliphatic heterocycles. The highest BCUT2D eigenvalue weighted by Gasteiger charge is 2.68. The van der Waals surface area contributed by atoms with Crippen molar-refractivity contribution in [3.05, 3.63) is 83.4 Å². The Kier molecular flexibility index (Phi) is 7.64. The quantitative estimate of drug-likeness (QED) is 0.291. The number of hydrogen-bond donors (Lipinski definition) is 0. The molecular weight excluding hydrogens is 580 g/mol. The number of thiocarbonyl (C=S) groups is 1. The van der Waals surface area contributed by atoms with Crippen molar-refractivity contribution in [2.75, 3.05) is 49.4 Å². The number of amidine groups is 1. The molecule has 0 N–H and O–H groups in total. The molecule has 2 saturated heterocycles. The van der Waals surface area contributed by atoms with Crippen LogP contribution in [0.25, 0.3) is 0 Å². The molecule has 0 aliphatic carbocycles. The lowest BCUT2D eigenvalue weighted by atomic mass is 9.53. The maximum atomic E-state index is 11.2. The van der Waals surface area contributed by atoms with E-state index in [-0.39, 0.29) is 0 Å². The van der Waals surface area contributed by atoms with Gasteiger partial charge in [-0.15, -0.1) is 0 Å². The first-order valence-electron chi connectivity index (χ1n) is 14.3. The normalized spacial score (nSPS) is 24.4. The monoisotopic (exact) mass is 610 g/mol. The number of hydrogen-bond acceptors (Lipinski definition) is 8. The first-order chi connectivity index (χ1) is 20.9. The largest absolute Gasteiger partial charge is 0.494 e. The fourth-order valence-corrected chi connectivity index (χ4v) is 7.30. The van der Waals surface area contributed by atoms with Gasteiger partial charge in [0.05, 0.1) is 32.0 Å². The number of halogens is 1. The van der Waals surface area contributed by atoms with Crippen molar-refractivity contribution in [2.24, 2.45) is 15.8 Å². The summed E-state index contributed by atoms with van der Waals surface area (Å²) in [4.78, 5) is 11.6. The van der Waals surface area contributed by atoms with Gasteiger partial charge in [-0.3, -0.25) is 0 Å². The summed E-state index contributed by atoms with van der Waals surface area (Å²) in [6.45, 7) is 6.37. The van der Waals surface area contributed by atoms with E-state index in [4.69, 9.17) is 38.3 Å². The third-order valence-corrected chi connectivity index (χ3v) is 9.42. The second-order valence-corrected chi connectivity index (χ2v) is 11.7. The van der Waals surface area contributed by atoms with Crippen LogP contribution in [-0.4, -0.2) is 55.4 Å². The molecule has 2 fully saturated rings. The van der Waals surface area contributed by atoms with E-state index in [0.717, 1.165) is 28.4 Å². The van der Waals surface area contributed by atoms with Gasteiger partial charge in [0.1, 0.15) is 39.8 Å². The summed E-state index contributed by atoms with van der Waals surface area (Å²) >= 11 is 13.0. The van der Waals surface area contributed by atoms with Crippen LogP contribution in [0.3, 0.4) is 0 Å². The highest BCUT2D eigenvalue weighted by Crippen LogP contribution is 2.59. The first kappa shape index (κ1) is 28.8. The van der Waals surface area contributed by atoms with Crippen LogP contribution in [-0.2, 0) is 0 Å². The number of nitrogens with zero attached hydrogens (tertiary/aromatic N) is 6. The molecule has 218 valence electrons. The van der Waals surface area contributed by atoms with Gasteiger partial charge in [-0.05, 0) is 74.0 Å². The van der Waals surface area contributed by atoms with Crippen molar-refractivity contribution in [3.63, 3.8) is 0 Å². The van der Waals surface area contributed by atoms with Crippen molar-refractivity contribution in [1.82, 2.24) is 4.90 Å². The minimum Gasteiger partial charge on any atom is -0.494 e. The Labute approximate surface area is 262 Å². The van der Waals surface area contributed by atoms with Gasteiger partial charge in [-0.1, -0.05) is 42.0 Å². The molecule has 2 bridgehead atoms. The lowest BCUT2D eigenvalue weighted by Crippen LogP contribution is -2.73. The van der Waals surface area contributed by atoms with E-state index in [9.17, 15) is 10.5 Å². The molecule has 0 radical (unpaired) electrons. The zero-order chi connectivity index (χ0) is 30.2. The maximum Gasteiger partial charge on any atom is 0.141 e. The summed E-state index contributed by atoms with van der Waals surface area (Å²) in [7, 11) is 0. The summed E-state index contributed by atoms with van der Waals surface area (Å²) in [5.74, 6) is 1.52. The van der Waals surface area contributed by atoms with E-state index in [2.05, 4.69) is 21.9 Å². The van der Waals surface area contributed by atoms with E-state index < -0.39 is 16.7 Å². The Bertz CT molecular complexity index is 1650.